The maximum absolute atomic E-state index is 12.1. The first-order valence-corrected chi connectivity index (χ1v) is 9.17. The van der Waals surface area contributed by atoms with Crippen molar-refractivity contribution in [2.24, 2.45) is 5.92 Å². The second-order valence-electron chi connectivity index (χ2n) is 5.98. The Kier molecular flexibility index (Phi) is 4.54. The summed E-state index contributed by atoms with van der Waals surface area (Å²) in [5.74, 6) is -0.278. The third kappa shape index (κ3) is 3.20. The van der Waals surface area contributed by atoms with Crippen LogP contribution in [0.25, 0.3) is 0 Å². The number of hydrogen-bond acceptors (Lipinski definition) is 5. The number of ether oxygens (including phenoxy) is 2. The van der Waals surface area contributed by atoms with Gasteiger partial charge in [0.05, 0.1) is 24.7 Å². The van der Waals surface area contributed by atoms with E-state index in [1.807, 2.05) is 6.92 Å². The summed E-state index contributed by atoms with van der Waals surface area (Å²) in [5.41, 5.74) is 1.02. The molecule has 0 amide bonds. The molecule has 1 aliphatic carbocycles. The van der Waals surface area contributed by atoms with E-state index in [9.17, 15) is 8.42 Å². The summed E-state index contributed by atoms with van der Waals surface area (Å²) in [7, 11) is -3.69. The Labute approximate surface area is 131 Å². The van der Waals surface area contributed by atoms with Crippen molar-refractivity contribution < 1.29 is 22.1 Å². The first kappa shape index (κ1) is 15.9. The van der Waals surface area contributed by atoms with Crippen LogP contribution in [0.2, 0.25) is 0 Å². The van der Waals surface area contributed by atoms with Gasteiger partial charge in [0.15, 0.2) is 5.79 Å². The maximum atomic E-state index is 12.1. The van der Waals surface area contributed by atoms with Gasteiger partial charge in [0.25, 0.3) is 10.1 Å². The highest BCUT2D eigenvalue weighted by Crippen LogP contribution is 2.43. The third-order valence-electron chi connectivity index (χ3n) is 4.49. The van der Waals surface area contributed by atoms with E-state index in [1.54, 1.807) is 24.3 Å². The van der Waals surface area contributed by atoms with Crippen LogP contribution in [0.4, 0.5) is 0 Å². The Morgan fingerprint density at radius 1 is 1.23 bits per heavy atom. The molecule has 2 fully saturated rings. The number of aryl methyl sites for hydroxylation is 1. The van der Waals surface area contributed by atoms with Crippen LogP contribution in [0, 0.1) is 12.8 Å². The van der Waals surface area contributed by atoms with E-state index in [2.05, 4.69) is 0 Å². The highest BCUT2D eigenvalue weighted by molar-refractivity contribution is 7.86. The summed E-state index contributed by atoms with van der Waals surface area (Å²) in [6, 6.07) is 6.68. The van der Waals surface area contributed by atoms with Crippen LogP contribution in [-0.4, -0.2) is 34.0 Å². The Morgan fingerprint density at radius 3 is 2.59 bits per heavy atom. The van der Waals surface area contributed by atoms with Gasteiger partial charge in [-0.3, -0.25) is 4.18 Å². The summed E-state index contributed by atoms with van der Waals surface area (Å²) in [6.07, 6.45) is 3.57. The monoisotopic (exact) mass is 326 g/mol. The minimum Gasteiger partial charge on any atom is -0.347 e. The molecule has 1 atom stereocenters. The molecule has 1 spiro atoms. The zero-order valence-electron chi connectivity index (χ0n) is 12.8. The van der Waals surface area contributed by atoms with Crippen molar-refractivity contribution in [1.29, 1.82) is 0 Å². The largest absolute Gasteiger partial charge is 0.347 e. The van der Waals surface area contributed by atoms with Crippen molar-refractivity contribution >= 4 is 10.1 Å². The molecule has 1 aliphatic heterocycles. The van der Waals surface area contributed by atoms with Crippen molar-refractivity contribution in [3.8, 4) is 0 Å². The molecule has 3 rings (SSSR count). The molecule has 122 valence electrons. The Hall–Kier alpha value is -0.950. The summed E-state index contributed by atoms with van der Waals surface area (Å²) in [6.45, 7) is 3.33. The molecule has 0 aromatic heterocycles. The summed E-state index contributed by atoms with van der Waals surface area (Å²) in [4.78, 5) is 0.201. The van der Waals surface area contributed by atoms with E-state index in [-0.39, 0.29) is 17.4 Å². The smallest absolute Gasteiger partial charge is 0.296 e. The number of rotatable bonds is 5. The Bertz CT molecular complexity index is 596. The molecule has 6 heteroatoms. The average molecular weight is 326 g/mol. The lowest BCUT2D eigenvalue weighted by molar-refractivity contribution is -0.183. The van der Waals surface area contributed by atoms with Crippen molar-refractivity contribution in [1.82, 2.24) is 0 Å². The van der Waals surface area contributed by atoms with E-state index in [4.69, 9.17) is 13.7 Å². The molecule has 0 radical (unpaired) electrons. The average Bonchev–Trinajstić information content (AvgIpc) is 3.11. The standard InChI is InChI=1S/C16H22O5S/c1-13-4-6-15(7-5-13)22(17,18)21-10-8-14-3-2-9-16(14)19-11-12-20-16/h4-7,14H,2-3,8-12H2,1H3. The van der Waals surface area contributed by atoms with Gasteiger partial charge < -0.3 is 9.47 Å². The Morgan fingerprint density at radius 2 is 1.91 bits per heavy atom. The van der Waals surface area contributed by atoms with Gasteiger partial charge in [-0.15, -0.1) is 0 Å². The highest BCUT2D eigenvalue weighted by atomic mass is 32.2. The van der Waals surface area contributed by atoms with Crippen LogP contribution in [0.5, 0.6) is 0 Å². The number of hydrogen-bond donors (Lipinski definition) is 0. The molecule has 1 aromatic rings. The van der Waals surface area contributed by atoms with Crippen LogP contribution < -0.4 is 0 Å². The van der Waals surface area contributed by atoms with Gasteiger partial charge >= 0.3 is 0 Å². The molecule has 1 heterocycles. The van der Waals surface area contributed by atoms with Gasteiger partial charge in [-0.1, -0.05) is 17.7 Å². The van der Waals surface area contributed by atoms with E-state index < -0.39 is 15.9 Å². The molecule has 5 nitrogen and oxygen atoms in total. The zero-order valence-corrected chi connectivity index (χ0v) is 13.6. The van der Waals surface area contributed by atoms with Crippen molar-refractivity contribution in [2.45, 2.75) is 43.3 Å². The Balaban J connectivity index is 1.57. The SMILES string of the molecule is Cc1ccc(S(=O)(=O)OCCC2CCCC23OCCO3)cc1. The van der Waals surface area contributed by atoms with Crippen LogP contribution in [0.15, 0.2) is 29.2 Å². The van der Waals surface area contributed by atoms with E-state index in [1.165, 1.54) is 0 Å². The lowest BCUT2D eigenvalue weighted by Crippen LogP contribution is -2.35. The lowest BCUT2D eigenvalue weighted by Gasteiger charge is -2.29. The highest BCUT2D eigenvalue weighted by Gasteiger charge is 2.47. The predicted octanol–water partition coefficient (Wildman–Crippen LogP) is 2.63. The van der Waals surface area contributed by atoms with Crippen LogP contribution >= 0.6 is 0 Å². The number of benzene rings is 1. The molecule has 22 heavy (non-hydrogen) atoms. The summed E-state index contributed by atoms with van der Waals surface area (Å²) in [5, 5.41) is 0. The fourth-order valence-electron chi connectivity index (χ4n) is 3.31. The van der Waals surface area contributed by atoms with Gasteiger partial charge in [-0.2, -0.15) is 8.42 Å². The fraction of sp³-hybridized carbons (Fsp3) is 0.625. The van der Waals surface area contributed by atoms with Gasteiger partial charge in [-0.25, -0.2) is 0 Å². The van der Waals surface area contributed by atoms with Crippen LogP contribution in [-0.2, 0) is 23.8 Å². The minimum atomic E-state index is -3.69. The molecule has 1 saturated heterocycles. The predicted molar refractivity (Wildman–Crippen MR) is 80.9 cm³/mol. The van der Waals surface area contributed by atoms with Gasteiger partial charge in [-0.05, 0) is 38.3 Å². The molecule has 2 aliphatic rings. The fourth-order valence-corrected chi connectivity index (χ4v) is 4.23. The van der Waals surface area contributed by atoms with Crippen LogP contribution in [0.3, 0.4) is 0 Å². The van der Waals surface area contributed by atoms with Gasteiger partial charge in [0.1, 0.15) is 0 Å². The lowest BCUT2D eigenvalue weighted by atomic mass is 9.99. The van der Waals surface area contributed by atoms with Gasteiger partial charge in [0, 0.05) is 12.3 Å². The first-order chi connectivity index (χ1) is 10.5. The second-order valence-corrected chi connectivity index (χ2v) is 7.59. The molecular formula is C16H22O5S. The third-order valence-corrected chi connectivity index (χ3v) is 5.82. The molecule has 0 bridgehead atoms. The topological polar surface area (TPSA) is 61.8 Å². The summed E-state index contributed by atoms with van der Waals surface area (Å²) >= 11 is 0. The van der Waals surface area contributed by atoms with E-state index in [0.29, 0.717) is 19.6 Å². The van der Waals surface area contributed by atoms with Gasteiger partial charge in [0.2, 0.25) is 0 Å². The molecular weight excluding hydrogens is 304 g/mol. The van der Waals surface area contributed by atoms with Crippen molar-refractivity contribution in [2.75, 3.05) is 19.8 Å². The molecule has 1 unspecified atom stereocenters. The maximum Gasteiger partial charge on any atom is 0.296 e. The minimum absolute atomic E-state index is 0.162. The summed E-state index contributed by atoms with van der Waals surface area (Å²) < 4.78 is 41.0. The first-order valence-electron chi connectivity index (χ1n) is 7.76. The quantitative estimate of drug-likeness (QED) is 0.779. The molecule has 1 saturated carbocycles. The zero-order chi connectivity index (χ0) is 15.6. The van der Waals surface area contributed by atoms with Crippen molar-refractivity contribution in [3.63, 3.8) is 0 Å². The second kappa shape index (κ2) is 6.28. The van der Waals surface area contributed by atoms with E-state index in [0.717, 1.165) is 24.8 Å². The molecule has 0 N–H and O–H groups in total. The van der Waals surface area contributed by atoms with E-state index >= 15 is 0 Å². The molecule has 1 aromatic carbocycles. The van der Waals surface area contributed by atoms with Crippen molar-refractivity contribution in [3.05, 3.63) is 29.8 Å². The normalized spacial score (nSPS) is 24.1. The van der Waals surface area contributed by atoms with Crippen LogP contribution in [0.1, 0.15) is 31.2 Å².